The summed E-state index contributed by atoms with van der Waals surface area (Å²) in [5.41, 5.74) is 0.998. The van der Waals surface area contributed by atoms with Crippen LogP contribution in [0.15, 0.2) is 36.7 Å². The van der Waals surface area contributed by atoms with Gasteiger partial charge in [-0.2, -0.15) is 0 Å². The Morgan fingerprint density at radius 2 is 2.07 bits per heavy atom. The van der Waals surface area contributed by atoms with Crippen LogP contribution in [0.25, 0.3) is 0 Å². The number of hydrogen-bond acceptors (Lipinski definition) is 5. The molecule has 142 valence electrons. The van der Waals surface area contributed by atoms with Crippen molar-refractivity contribution in [2.24, 2.45) is 0 Å². The first kappa shape index (κ1) is 18.4. The van der Waals surface area contributed by atoms with Gasteiger partial charge in [0.2, 0.25) is 11.9 Å². The minimum absolute atomic E-state index is 0.101. The summed E-state index contributed by atoms with van der Waals surface area (Å²) in [4.78, 5) is 44.3. The van der Waals surface area contributed by atoms with E-state index in [9.17, 15) is 14.4 Å². The van der Waals surface area contributed by atoms with Crippen LogP contribution in [-0.2, 0) is 16.0 Å². The van der Waals surface area contributed by atoms with Crippen molar-refractivity contribution in [1.29, 1.82) is 0 Å². The molecule has 9 nitrogen and oxygen atoms in total. The van der Waals surface area contributed by atoms with E-state index < -0.39 is 12.1 Å². The van der Waals surface area contributed by atoms with Crippen LogP contribution in [0.2, 0.25) is 0 Å². The number of ether oxygens (including phenoxy) is 1. The van der Waals surface area contributed by atoms with Crippen LogP contribution < -0.4 is 15.4 Å². The number of nitrogens with one attached hydrogen (secondary N) is 3. The Kier molecular flexibility index (Phi) is 5.70. The number of H-pyrrole nitrogens is 1. The number of carbonyl (C=O) groups is 3. The molecule has 1 fully saturated rings. The Morgan fingerprint density at radius 3 is 2.74 bits per heavy atom. The summed E-state index contributed by atoms with van der Waals surface area (Å²) in [5, 5.41) is 5.22. The smallest absolute Gasteiger partial charge is 0.324 e. The van der Waals surface area contributed by atoms with Gasteiger partial charge in [0, 0.05) is 25.4 Å². The summed E-state index contributed by atoms with van der Waals surface area (Å²) in [6.45, 7) is 0.284. The Balaban J connectivity index is 1.47. The summed E-state index contributed by atoms with van der Waals surface area (Å²) >= 11 is 0. The summed E-state index contributed by atoms with van der Waals surface area (Å²) in [6, 6.07) is 6.35. The SMILES string of the molecule is COc1ccc(CCN2C(=O)N[C@@H](CCC(=O)Nc3ncc[nH]3)C2=O)cc1. The van der Waals surface area contributed by atoms with Crippen molar-refractivity contribution in [3.05, 3.63) is 42.2 Å². The van der Waals surface area contributed by atoms with Gasteiger partial charge in [0.25, 0.3) is 5.91 Å². The number of carbonyl (C=O) groups excluding carboxylic acids is 3. The summed E-state index contributed by atoms with van der Waals surface area (Å²) in [6.07, 6.45) is 4.00. The highest BCUT2D eigenvalue weighted by Crippen LogP contribution is 2.15. The molecular weight excluding hydrogens is 350 g/mol. The van der Waals surface area contributed by atoms with E-state index in [0.29, 0.717) is 12.4 Å². The van der Waals surface area contributed by atoms with Crippen molar-refractivity contribution >= 4 is 23.8 Å². The number of aromatic amines is 1. The van der Waals surface area contributed by atoms with Crippen LogP contribution in [0.1, 0.15) is 18.4 Å². The summed E-state index contributed by atoms with van der Waals surface area (Å²) < 4.78 is 5.11. The van der Waals surface area contributed by atoms with Crippen LogP contribution in [0.4, 0.5) is 10.7 Å². The normalized spacial score (nSPS) is 16.3. The summed E-state index contributed by atoms with van der Waals surface area (Å²) in [7, 11) is 1.59. The third-order valence-electron chi connectivity index (χ3n) is 4.31. The zero-order valence-corrected chi connectivity index (χ0v) is 14.9. The highest BCUT2D eigenvalue weighted by molar-refractivity contribution is 6.04. The second kappa shape index (κ2) is 8.35. The molecule has 1 aromatic heterocycles. The summed E-state index contributed by atoms with van der Waals surface area (Å²) in [5.74, 6) is 0.521. The largest absolute Gasteiger partial charge is 0.497 e. The van der Waals surface area contributed by atoms with Gasteiger partial charge in [-0.05, 0) is 30.5 Å². The molecule has 0 unspecified atom stereocenters. The number of urea groups is 1. The average Bonchev–Trinajstić information content (AvgIpc) is 3.27. The van der Waals surface area contributed by atoms with Crippen molar-refractivity contribution in [3.63, 3.8) is 0 Å². The number of aromatic nitrogens is 2. The number of imidazole rings is 1. The Morgan fingerprint density at radius 1 is 1.30 bits per heavy atom. The molecule has 0 bridgehead atoms. The van der Waals surface area contributed by atoms with Gasteiger partial charge >= 0.3 is 6.03 Å². The first-order valence-corrected chi connectivity index (χ1v) is 8.61. The fourth-order valence-electron chi connectivity index (χ4n) is 2.82. The van der Waals surface area contributed by atoms with Crippen LogP contribution in [-0.4, -0.2) is 52.4 Å². The molecule has 1 saturated heterocycles. The van der Waals surface area contributed by atoms with Gasteiger partial charge in [-0.25, -0.2) is 9.78 Å². The molecule has 0 radical (unpaired) electrons. The number of rotatable bonds is 8. The number of hydrogen-bond donors (Lipinski definition) is 3. The lowest BCUT2D eigenvalue weighted by Gasteiger charge is -2.13. The van der Waals surface area contributed by atoms with Gasteiger partial charge in [0.05, 0.1) is 7.11 Å². The molecule has 1 atom stereocenters. The Bertz CT molecular complexity index is 804. The van der Waals surface area contributed by atoms with Crippen molar-refractivity contribution in [3.8, 4) is 5.75 Å². The fraction of sp³-hybridized carbons (Fsp3) is 0.333. The van der Waals surface area contributed by atoms with Gasteiger partial charge in [0.1, 0.15) is 11.8 Å². The maximum atomic E-state index is 12.4. The average molecular weight is 371 g/mol. The second-order valence-corrected chi connectivity index (χ2v) is 6.11. The molecular formula is C18H21N5O4. The van der Waals surface area contributed by atoms with Gasteiger partial charge in [0.15, 0.2) is 0 Å². The first-order chi connectivity index (χ1) is 13.1. The quantitative estimate of drug-likeness (QED) is 0.605. The zero-order chi connectivity index (χ0) is 19.2. The molecule has 3 rings (SSSR count). The van der Waals surface area contributed by atoms with Crippen molar-refractivity contribution in [2.45, 2.75) is 25.3 Å². The van der Waals surface area contributed by atoms with Crippen LogP contribution in [0.3, 0.4) is 0 Å². The van der Waals surface area contributed by atoms with E-state index >= 15 is 0 Å². The Hall–Kier alpha value is -3.36. The van der Waals surface area contributed by atoms with E-state index in [0.717, 1.165) is 11.3 Å². The molecule has 4 amide bonds. The first-order valence-electron chi connectivity index (χ1n) is 8.61. The molecule has 0 aliphatic carbocycles. The van der Waals surface area contributed by atoms with E-state index in [1.807, 2.05) is 24.3 Å². The number of imide groups is 1. The van der Waals surface area contributed by atoms with Gasteiger partial charge in [-0.1, -0.05) is 12.1 Å². The maximum absolute atomic E-state index is 12.4. The monoisotopic (exact) mass is 371 g/mol. The molecule has 2 aromatic rings. The molecule has 0 saturated carbocycles. The van der Waals surface area contributed by atoms with Crippen molar-refractivity contribution in [1.82, 2.24) is 20.2 Å². The predicted octanol–water partition coefficient (Wildman–Crippen LogP) is 1.30. The molecule has 3 N–H and O–H groups in total. The molecule has 0 spiro atoms. The maximum Gasteiger partial charge on any atom is 0.324 e. The van der Waals surface area contributed by atoms with E-state index in [2.05, 4.69) is 20.6 Å². The van der Waals surface area contributed by atoms with Crippen LogP contribution >= 0.6 is 0 Å². The lowest BCUT2D eigenvalue weighted by atomic mass is 10.1. The molecule has 9 heteroatoms. The van der Waals surface area contributed by atoms with E-state index in [4.69, 9.17) is 4.74 Å². The van der Waals surface area contributed by atoms with E-state index in [1.165, 1.54) is 11.1 Å². The lowest BCUT2D eigenvalue weighted by molar-refractivity contribution is -0.127. The number of anilines is 1. The van der Waals surface area contributed by atoms with Gasteiger partial charge < -0.3 is 15.0 Å². The standard InChI is InChI=1S/C18H21N5O4/c1-27-13-4-2-12(3-5-13)8-11-23-16(25)14(21-18(23)26)6-7-15(24)22-17-19-9-10-20-17/h2-5,9-10,14H,6-8,11H2,1H3,(H,21,26)(H2,19,20,22,24)/t14-/m0/s1. The van der Waals surface area contributed by atoms with Crippen LogP contribution in [0.5, 0.6) is 5.75 Å². The fourth-order valence-corrected chi connectivity index (χ4v) is 2.82. The number of benzene rings is 1. The lowest BCUT2D eigenvalue weighted by Crippen LogP contribution is -2.33. The number of methoxy groups -OCH3 is 1. The van der Waals surface area contributed by atoms with Crippen LogP contribution in [0, 0.1) is 0 Å². The minimum Gasteiger partial charge on any atom is -0.497 e. The molecule has 1 aromatic carbocycles. The van der Waals surface area contributed by atoms with Crippen molar-refractivity contribution < 1.29 is 19.1 Å². The highest BCUT2D eigenvalue weighted by Gasteiger charge is 2.37. The minimum atomic E-state index is -0.685. The third kappa shape index (κ3) is 4.63. The topological polar surface area (TPSA) is 116 Å². The van der Waals surface area contributed by atoms with Gasteiger partial charge in [-0.3, -0.25) is 19.8 Å². The van der Waals surface area contributed by atoms with E-state index in [1.54, 1.807) is 13.3 Å². The molecule has 1 aliphatic rings. The third-order valence-corrected chi connectivity index (χ3v) is 4.31. The number of nitrogens with zero attached hydrogens (tertiary/aromatic N) is 2. The zero-order valence-electron chi connectivity index (χ0n) is 14.9. The molecule has 2 heterocycles. The predicted molar refractivity (Wildman–Crippen MR) is 97.2 cm³/mol. The number of amides is 4. The molecule has 27 heavy (non-hydrogen) atoms. The van der Waals surface area contributed by atoms with Gasteiger partial charge in [-0.15, -0.1) is 0 Å². The van der Waals surface area contributed by atoms with Crippen molar-refractivity contribution in [2.75, 3.05) is 19.0 Å². The second-order valence-electron chi connectivity index (χ2n) is 6.11. The molecule has 1 aliphatic heterocycles. The van der Waals surface area contributed by atoms with E-state index in [-0.39, 0.29) is 31.2 Å². The highest BCUT2D eigenvalue weighted by atomic mass is 16.5. The Labute approximate surface area is 156 Å².